The van der Waals surface area contributed by atoms with Crippen LogP contribution >= 0.6 is 0 Å². The van der Waals surface area contributed by atoms with E-state index in [9.17, 15) is 18.0 Å². The van der Waals surface area contributed by atoms with Gasteiger partial charge in [0.05, 0.1) is 30.2 Å². The van der Waals surface area contributed by atoms with Crippen molar-refractivity contribution in [2.24, 2.45) is 0 Å². The zero-order valence-electron chi connectivity index (χ0n) is 19.3. The van der Waals surface area contributed by atoms with Crippen molar-refractivity contribution < 1.29 is 32.2 Å². The molecule has 0 N–H and O–H groups in total. The van der Waals surface area contributed by atoms with Gasteiger partial charge in [-0.15, -0.1) is 0 Å². The van der Waals surface area contributed by atoms with Gasteiger partial charge in [0, 0.05) is 12.6 Å². The molecule has 1 fully saturated rings. The molecule has 0 radical (unpaired) electrons. The van der Waals surface area contributed by atoms with E-state index in [1.807, 2.05) is 6.92 Å². The number of sulfonamides is 1. The largest absolute Gasteiger partial charge is 0.497 e. The molecule has 1 aliphatic heterocycles. The molecule has 2 aromatic carbocycles. The van der Waals surface area contributed by atoms with Crippen LogP contribution in [0.15, 0.2) is 41.3 Å². The van der Waals surface area contributed by atoms with Gasteiger partial charge < -0.3 is 14.2 Å². The number of ether oxygens (including phenoxy) is 3. The Morgan fingerprint density at radius 2 is 1.79 bits per heavy atom. The number of esters is 1. The van der Waals surface area contributed by atoms with Crippen LogP contribution in [0.3, 0.4) is 0 Å². The SMILES string of the molecule is COc1ccc(OC)c(C(=O)COC(=O)c2cc(S(=O)(=O)N3CCCCC3C)ccc2C)c1. The molecule has 1 saturated heterocycles. The zero-order chi connectivity index (χ0) is 24.2. The highest BCUT2D eigenvalue weighted by atomic mass is 32.2. The van der Waals surface area contributed by atoms with Crippen molar-refractivity contribution in [3.63, 3.8) is 0 Å². The first kappa shape index (κ1) is 24.7. The Kier molecular flexibility index (Phi) is 7.76. The highest BCUT2D eigenvalue weighted by Crippen LogP contribution is 2.27. The third kappa shape index (κ3) is 5.36. The molecule has 9 heteroatoms. The average Bonchev–Trinajstić information content (AvgIpc) is 2.82. The van der Waals surface area contributed by atoms with Crippen molar-refractivity contribution in [2.45, 2.75) is 44.0 Å². The molecule has 0 aromatic heterocycles. The van der Waals surface area contributed by atoms with Gasteiger partial charge in [-0.05, 0) is 62.6 Å². The lowest BCUT2D eigenvalue weighted by atomic mass is 10.1. The van der Waals surface area contributed by atoms with Crippen molar-refractivity contribution in [1.82, 2.24) is 4.31 Å². The van der Waals surface area contributed by atoms with E-state index in [0.29, 0.717) is 23.6 Å². The minimum Gasteiger partial charge on any atom is -0.497 e. The molecule has 0 spiro atoms. The van der Waals surface area contributed by atoms with Crippen LogP contribution < -0.4 is 9.47 Å². The second-order valence-corrected chi connectivity index (χ2v) is 9.89. The first-order valence-corrected chi connectivity index (χ1v) is 12.2. The van der Waals surface area contributed by atoms with Crippen molar-refractivity contribution in [2.75, 3.05) is 27.4 Å². The van der Waals surface area contributed by atoms with Crippen LogP contribution in [0, 0.1) is 6.92 Å². The molecule has 1 unspecified atom stereocenters. The molecule has 33 heavy (non-hydrogen) atoms. The summed E-state index contributed by atoms with van der Waals surface area (Å²) in [7, 11) is -0.836. The third-order valence-electron chi connectivity index (χ3n) is 5.82. The Morgan fingerprint density at radius 1 is 1.03 bits per heavy atom. The molecule has 0 bridgehead atoms. The number of Topliss-reactive ketones (excluding diaryl/α,β-unsaturated/α-hetero) is 1. The number of carbonyl (C=O) groups excluding carboxylic acids is 2. The lowest BCUT2D eigenvalue weighted by molar-refractivity contribution is 0.0473. The summed E-state index contributed by atoms with van der Waals surface area (Å²) in [5.41, 5.74) is 0.875. The Hall–Kier alpha value is -2.91. The highest BCUT2D eigenvalue weighted by Gasteiger charge is 2.31. The van der Waals surface area contributed by atoms with Crippen molar-refractivity contribution in [3.8, 4) is 11.5 Å². The van der Waals surface area contributed by atoms with Gasteiger partial charge in [0.25, 0.3) is 0 Å². The van der Waals surface area contributed by atoms with E-state index < -0.39 is 28.4 Å². The van der Waals surface area contributed by atoms with Crippen LogP contribution in [0.25, 0.3) is 0 Å². The maximum absolute atomic E-state index is 13.2. The Morgan fingerprint density at radius 3 is 2.45 bits per heavy atom. The summed E-state index contributed by atoms with van der Waals surface area (Å²) in [5, 5.41) is 0. The molecule has 8 nitrogen and oxygen atoms in total. The lowest BCUT2D eigenvalue weighted by Crippen LogP contribution is -2.41. The fraction of sp³-hybridized carbons (Fsp3) is 0.417. The molecule has 3 rings (SSSR count). The highest BCUT2D eigenvalue weighted by molar-refractivity contribution is 7.89. The summed E-state index contributed by atoms with van der Waals surface area (Å²) in [4.78, 5) is 25.5. The molecule has 0 aliphatic carbocycles. The molecule has 0 amide bonds. The van der Waals surface area contributed by atoms with Crippen LogP contribution in [-0.2, 0) is 14.8 Å². The quantitative estimate of drug-likeness (QED) is 0.425. The Balaban J connectivity index is 1.79. The second-order valence-electron chi connectivity index (χ2n) is 8.00. The van der Waals surface area contributed by atoms with E-state index in [4.69, 9.17) is 14.2 Å². The number of piperidine rings is 1. The van der Waals surface area contributed by atoms with Crippen LogP contribution in [0.5, 0.6) is 11.5 Å². The second kappa shape index (κ2) is 10.4. The molecule has 178 valence electrons. The van der Waals surface area contributed by atoms with Crippen molar-refractivity contribution >= 4 is 21.8 Å². The van der Waals surface area contributed by atoms with Gasteiger partial charge in [0.15, 0.2) is 6.61 Å². The zero-order valence-corrected chi connectivity index (χ0v) is 20.1. The van der Waals surface area contributed by atoms with Crippen LogP contribution in [0.4, 0.5) is 0 Å². The Labute approximate surface area is 194 Å². The predicted octanol–water partition coefficient (Wildman–Crippen LogP) is 3.62. The van der Waals surface area contributed by atoms with E-state index in [1.165, 1.54) is 36.7 Å². The number of rotatable bonds is 8. The normalized spacial score (nSPS) is 16.8. The number of ketones is 1. The third-order valence-corrected chi connectivity index (χ3v) is 7.83. The number of carbonyl (C=O) groups is 2. The molecule has 1 atom stereocenters. The summed E-state index contributed by atoms with van der Waals surface area (Å²) < 4.78 is 43.4. The predicted molar refractivity (Wildman–Crippen MR) is 123 cm³/mol. The summed E-state index contributed by atoms with van der Waals surface area (Å²) in [6.07, 6.45) is 2.60. The van der Waals surface area contributed by atoms with Crippen molar-refractivity contribution in [1.29, 1.82) is 0 Å². The molecule has 1 aliphatic rings. The maximum Gasteiger partial charge on any atom is 0.338 e. The van der Waals surface area contributed by atoms with E-state index in [2.05, 4.69) is 0 Å². The number of aryl methyl sites for hydroxylation is 1. The molecular formula is C24H29NO7S. The summed E-state index contributed by atoms with van der Waals surface area (Å²) in [6, 6.07) is 9.04. The van der Waals surface area contributed by atoms with Gasteiger partial charge in [0.2, 0.25) is 15.8 Å². The number of benzene rings is 2. The van der Waals surface area contributed by atoms with Crippen LogP contribution in [0.1, 0.15) is 52.5 Å². The van der Waals surface area contributed by atoms with Gasteiger partial charge in [-0.2, -0.15) is 4.31 Å². The van der Waals surface area contributed by atoms with Crippen molar-refractivity contribution in [3.05, 3.63) is 53.1 Å². The van der Waals surface area contributed by atoms with Gasteiger partial charge in [-0.25, -0.2) is 13.2 Å². The number of nitrogens with zero attached hydrogens (tertiary/aromatic N) is 1. The molecular weight excluding hydrogens is 446 g/mol. The topological polar surface area (TPSA) is 99.2 Å². The summed E-state index contributed by atoms with van der Waals surface area (Å²) in [5.74, 6) is -0.447. The van der Waals surface area contributed by atoms with E-state index in [-0.39, 0.29) is 22.1 Å². The van der Waals surface area contributed by atoms with Gasteiger partial charge >= 0.3 is 5.97 Å². The molecule has 2 aromatic rings. The van der Waals surface area contributed by atoms with Gasteiger partial charge in [-0.3, -0.25) is 4.79 Å². The maximum atomic E-state index is 13.2. The summed E-state index contributed by atoms with van der Waals surface area (Å²) >= 11 is 0. The lowest BCUT2D eigenvalue weighted by Gasteiger charge is -2.32. The smallest absolute Gasteiger partial charge is 0.338 e. The standard InChI is InChI=1S/C24H29NO7S/c1-16-8-10-19(33(28,29)25-12-6-5-7-17(25)2)14-20(16)24(27)32-15-22(26)21-13-18(30-3)9-11-23(21)31-4/h8-11,13-14,17H,5-7,12,15H2,1-4H3. The number of methoxy groups -OCH3 is 2. The minimum atomic E-state index is -3.75. The van der Waals surface area contributed by atoms with Crippen LogP contribution in [-0.4, -0.2) is 57.9 Å². The van der Waals surface area contributed by atoms with E-state index in [1.54, 1.807) is 25.1 Å². The average molecular weight is 476 g/mol. The molecule has 1 heterocycles. The first-order valence-electron chi connectivity index (χ1n) is 10.7. The first-order chi connectivity index (χ1) is 15.7. The Bertz CT molecular complexity index is 1140. The van der Waals surface area contributed by atoms with E-state index in [0.717, 1.165) is 19.3 Å². The number of hydrogen-bond acceptors (Lipinski definition) is 7. The summed E-state index contributed by atoms with van der Waals surface area (Å²) in [6.45, 7) is 3.50. The van der Waals surface area contributed by atoms with Crippen LogP contribution in [0.2, 0.25) is 0 Å². The van der Waals surface area contributed by atoms with Gasteiger partial charge in [-0.1, -0.05) is 12.5 Å². The molecule has 0 saturated carbocycles. The fourth-order valence-electron chi connectivity index (χ4n) is 3.86. The van der Waals surface area contributed by atoms with Gasteiger partial charge in [0.1, 0.15) is 11.5 Å². The van der Waals surface area contributed by atoms with E-state index >= 15 is 0 Å². The number of hydrogen-bond donors (Lipinski definition) is 0. The fourth-order valence-corrected chi connectivity index (χ4v) is 5.59. The monoisotopic (exact) mass is 475 g/mol. The minimum absolute atomic E-state index is 0.0367.